The minimum atomic E-state index is 0.379. The lowest BCUT2D eigenvalue weighted by atomic mass is 10.0. The molecule has 0 radical (unpaired) electrons. The first-order chi connectivity index (χ1) is 8.43. The van der Waals surface area contributed by atoms with Crippen molar-refractivity contribution in [3.8, 4) is 0 Å². The zero-order chi connectivity index (χ0) is 13.7. The van der Waals surface area contributed by atoms with Gasteiger partial charge in [-0.1, -0.05) is 13.8 Å². The lowest BCUT2D eigenvalue weighted by molar-refractivity contribution is 0.178. The van der Waals surface area contributed by atoms with E-state index >= 15 is 0 Å². The topological polar surface area (TPSA) is 64.3 Å². The Balaban J connectivity index is 2.87. The predicted octanol–water partition coefficient (Wildman–Crippen LogP) is 2.08. The van der Waals surface area contributed by atoms with Crippen LogP contribution in [-0.2, 0) is 11.3 Å². The van der Waals surface area contributed by atoms with Crippen LogP contribution in [0, 0.1) is 5.92 Å². The maximum Gasteiger partial charge on any atom is 0.158 e. The van der Waals surface area contributed by atoms with Crippen molar-refractivity contribution in [1.82, 2.24) is 9.97 Å². The Morgan fingerprint density at radius 2 is 2.00 bits per heavy atom. The third-order valence-electron chi connectivity index (χ3n) is 2.89. The highest BCUT2D eigenvalue weighted by atomic mass is 16.5. The van der Waals surface area contributed by atoms with Gasteiger partial charge < -0.3 is 15.4 Å². The zero-order valence-corrected chi connectivity index (χ0v) is 12.0. The summed E-state index contributed by atoms with van der Waals surface area (Å²) in [5.41, 5.74) is 5.80. The normalized spacial score (nSPS) is 12.8. The predicted molar refractivity (Wildman–Crippen MR) is 74.5 cm³/mol. The number of anilines is 2. The summed E-state index contributed by atoms with van der Waals surface area (Å²) in [5, 5.41) is 0. The lowest BCUT2D eigenvalue weighted by Gasteiger charge is -2.27. The Morgan fingerprint density at radius 3 is 2.56 bits per heavy atom. The molecule has 2 N–H and O–H groups in total. The number of nitrogen functional groups attached to an aromatic ring is 1. The maximum atomic E-state index is 5.80. The van der Waals surface area contributed by atoms with Gasteiger partial charge in [-0.25, -0.2) is 9.97 Å². The standard InChI is InChI=1S/C13H24N4O/c1-9(2)6-10(3)17(4)13-7-11(14)15-12(16-13)8-18-5/h7,9-10H,6,8H2,1-5H3,(H2,14,15,16). The van der Waals surface area contributed by atoms with Crippen LogP contribution < -0.4 is 10.6 Å². The molecule has 0 saturated carbocycles. The van der Waals surface area contributed by atoms with Crippen LogP contribution in [0.2, 0.25) is 0 Å². The molecule has 5 heteroatoms. The number of methoxy groups -OCH3 is 1. The van der Waals surface area contributed by atoms with Gasteiger partial charge in [0.2, 0.25) is 0 Å². The van der Waals surface area contributed by atoms with Gasteiger partial charge in [-0.15, -0.1) is 0 Å². The lowest BCUT2D eigenvalue weighted by Crippen LogP contribution is -2.31. The fraction of sp³-hybridized carbons (Fsp3) is 0.692. The summed E-state index contributed by atoms with van der Waals surface area (Å²) in [7, 11) is 3.66. The summed E-state index contributed by atoms with van der Waals surface area (Å²) in [6.45, 7) is 7.00. The highest BCUT2D eigenvalue weighted by Crippen LogP contribution is 2.18. The van der Waals surface area contributed by atoms with E-state index < -0.39 is 0 Å². The van der Waals surface area contributed by atoms with Crippen molar-refractivity contribution in [3.05, 3.63) is 11.9 Å². The van der Waals surface area contributed by atoms with E-state index in [0.717, 1.165) is 12.2 Å². The molecule has 1 aromatic rings. The molecule has 1 rings (SSSR count). The largest absolute Gasteiger partial charge is 0.384 e. The van der Waals surface area contributed by atoms with E-state index in [1.807, 2.05) is 7.05 Å². The number of hydrogen-bond acceptors (Lipinski definition) is 5. The second-order valence-corrected chi connectivity index (χ2v) is 5.09. The number of rotatable bonds is 6. The first kappa shape index (κ1) is 14.7. The van der Waals surface area contributed by atoms with Gasteiger partial charge in [0.05, 0.1) is 0 Å². The highest BCUT2D eigenvalue weighted by Gasteiger charge is 2.14. The fourth-order valence-corrected chi connectivity index (χ4v) is 1.94. The van der Waals surface area contributed by atoms with Gasteiger partial charge in [0.15, 0.2) is 5.82 Å². The van der Waals surface area contributed by atoms with Gasteiger partial charge in [-0.3, -0.25) is 0 Å². The van der Waals surface area contributed by atoms with Crippen molar-refractivity contribution in [2.24, 2.45) is 5.92 Å². The third kappa shape index (κ3) is 4.14. The van der Waals surface area contributed by atoms with Crippen molar-refractivity contribution in [2.45, 2.75) is 39.8 Å². The molecule has 0 aliphatic carbocycles. The monoisotopic (exact) mass is 252 g/mol. The fourth-order valence-electron chi connectivity index (χ4n) is 1.94. The second kappa shape index (κ2) is 6.54. The first-order valence-corrected chi connectivity index (χ1v) is 6.29. The molecular weight excluding hydrogens is 228 g/mol. The van der Waals surface area contributed by atoms with E-state index in [9.17, 15) is 0 Å². The van der Waals surface area contributed by atoms with Crippen LogP contribution in [-0.4, -0.2) is 30.2 Å². The Hall–Kier alpha value is -1.36. The molecule has 1 unspecified atom stereocenters. The molecule has 18 heavy (non-hydrogen) atoms. The molecule has 0 aromatic carbocycles. The Bertz CT molecular complexity index is 381. The summed E-state index contributed by atoms with van der Waals surface area (Å²) in [4.78, 5) is 10.7. The molecule has 1 heterocycles. The number of ether oxygens (including phenoxy) is 1. The number of aromatic nitrogens is 2. The summed E-state index contributed by atoms with van der Waals surface area (Å²) >= 11 is 0. The third-order valence-corrected chi connectivity index (χ3v) is 2.89. The quantitative estimate of drug-likeness (QED) is 0.839. The summed E-state index contributed by atoms with van der Waals surface area (Å²) in [6, 6.07) is 2.21. The molecule has 5 nitrogen and oxygen atoms in total. The smallest absolute Gasteiger partial charge is 0.158 e. The van der Waals surface area contributed by atoms with Gasteiger partial charge in [0.25, 0.3) is 0 Å². The van der Waals surface area contributed by atoms with Crippen molar-refractivity contribution < 1.29 is 4.74 Å². The van der Waals surface area contributed by atoms with Crippen molar-refractivity contribution in [1.29, 1.82) is 0 Å². The van der Waals surface area contributed by atoms with Crippen molar-refractivity contribution in [2.75, 3.05) is 24.8 Å². The van der Waals surface area contributed by atoms with E-state index in [-0.39, 0.29) is 0 Å². The average Bonchev–Trinajstić information content (AvgIpc) is 2.26. The molecule has 0 aliphatic heterocycles. The average molecular weight is 252 g/mol. The molecule has 0 amide bonds. The second-order valence-electron chi connectivity index (χ2n) is 5.09. The van der Waals surface area contributed by atoms with E-state index in [1.54, 1.807) is 13.2 Å². The van der Waals surface area contributed by atoms with E-state index in [4.69, 9.17) is 10.5 Å². The Morgan fingerprint density at radius 1 is 1.33 bits per heavy atom. The SMILES string of the molecule is COCc1nc(N)cc(N(C)C(C)CC(C)C)n1. The number of hydrogen-bond donors (Lipinski definition) is 1. The molecule has 1 atom stereocenters. The minimum Gasteiger partial charge on any atom is -0.384 e. The van der Waals surface area contributed by atoms with E-state index in [0.29, 0.717) is 30.2 Å². The van der Waals surface area contributed by atoms with Crippen LogP contribution in [0.5, 0.6) is 0 Å². The molecule has 0 saturated heterocycles. The maximum absolute atomic E-state index is 5.80. The molecule has 0 bridgehead atoms. The van der Waals surface area contributed by atoms with Crippen LogP contribution in [0.25, 0.3) is 0 Å². The van der Waals surface area contributed by atoms with Crippen molar-refractivity contribution in [3.63, 3.8) is 0 Å². The number of nitrogens with two attached hydrogens (primary N) is 1. The van der Waals surface area contributed by atoms with Gasteiger partial charge >= 0.3 is 0 Å². The molecule has 0 aliphatic rings. The summed E-state index contributed by atoms with van der Waals surface area (Å²) in [5.74, 6) is 2.61. The van der Waals surface area contributed by atoms with Crippen molar-refractivity contribution >= 4 is 11.6 Å². The van der Waals surface area contributed by atoms with Crippen LogP contribution in [0.4, 0.5) is 11.6 Å². The van der Waals surface area contributed by atoms with E-state index in [2.05, 4.69) is 35.6 Å². The van der Waals surface area contributed by atoms with Gasteiger partial charge in [0.1, 0.15) is 18.2 Å². The first-order valence-electron chi connectivity index (χ1n) is 6.29. The zero-order valence-electron chi connectivity index (χ0n) is 12.0. The molecule has 102 valence electrons. The summed E-state index contributed by atoms with van der Waals surface area (Å²) in [6.07, 6.45) is 1.11. The Labute approximate surface area is 109 Å². The Kier molecular flexibility index (Phi) is 5.34. The molecular formula is C13H24N4O. The van der Waals surface area contributed by atoms with E-state index in [1.165, 1.54) is 0 Å². The molecule has 0 spiro atoms. The van der Waals surface area contributed by atoms with Crippen LogP contribution >= 0.6 is 0 Å². The van der Waals surface area contributed by atoms with Gasteiger partial charge in [-0.2, -0.15) is 0 Å². The summed E-state index contributed by atoms with van der Waals surface area (Å²) < 4.78 is 5.04. The minimum absolute atomic E-state index is 0.379. The van der Waals surface area contributed by atoms with Crippen LogP contribution in [0.1, 0.15) is 33.0 Å². The molecule has 0 fully saturated rings. The molecule has 1 aromatic heterocycles. The number of nitrogens with zero attached hydrogens (tertiary/aromatic N) is 3. The van der Waals surface area contributed by atoms with Crippen LogP contribution in [0.3, 0.4) is 0 Å². The van der Waals surface area contributed by atoms with Gasteiger partial charge in [0, 0.05) is 26.3 Å². The van der Waals surface area contributed by atoms with Crippen LogP contribution in [0.15, 0.2) is 6.07 Å². The van der Waals surface area contributed by atoms with Gasteiger partial charge in [-0.05, 0) is 19.3 Å². The highest BCUT2D eigenvalue weighted by molar-refractivity contribution is 5.47.